The van der Waals surface area contributed by atoms with Gasteiger partial charge in [0, 0.05) is 47.6 Å². The Morgan fingerprint density at radius 2 is 1.68 bits per heavy atom. The van der Waals surface area contributed by atoms with E-state index in [0.29, 0.717) is 5.02 Å². The molecule has 1 aliphatic heterocycles. The van der Waals surface area contributed by atoms with Gasteiger partial charge < -0.3 is 10.2 Å². The molecule has 6 heteroatoms. The van der Waals surface area contributed by atoms with Crippen LogP contribution in [-0.4, -0.2) is 43.0 Å². The molecule has 1 atom stereocenters. The number of carbonyl (C=O) groups is 1. The molecule has 1 heterocycles. The van der Waals surface area contributed by atoms with E-state index in [4.69, 9.17) is 23.2 Å². The fourth-order valence-corrected chi connectivity index (χ4v) is 3.31. The van der Waals surface area contributed by atoms with Crippen molar-refractivity contribution >= 4 is 40.5 Å². The third-order valence-corrected chi connectivity index (χ3v) is 5.01. The second-order valence-corrected chi connectivity index (χ2v) is 7.05. The van der Waals surface area contributed by atoms with Crippen molar-refractivity contribution in [3.05, 3.63) is 58.6 Å². The standard InChI is InChI=1S/C19H21Cl2N3O/c1-14(19(25)22-17-4-2-3-16(21)13-17)23-9-11-24(12-10-23)18-7-5-15(20)6-8-18/h2-8,13-14H,9-12H2,1H3,(H,22,25). The van der Waals surface area contributed by atoms with Gasteiger partial charge in [0.25, 0.3) is 0 Å². The lowest BCUT2D eigenvalue weighted by Gasteiger charge is -2.38. The first-order valence-corrected chi connectivity index (χ1v) is 9.09. The predicted octanol–water partition coefficient (Wildman–Crippen LogP) is 4.14. The number of benzene rings is 2. The minimum atomic E-state index is -0.189. The summed E-state index contributed by atoms with van der Waals surface area (Å²) in [7, 11) is 0. The minimum absolute atomic E-state index is 0.0118. The molecular formula is C19H21Cl2N3O. The normalized spacial score (nSPS) is 16.5. The Labute approximate surface area is 158 Å². The fourth-order valence-electron chi connectivity index (χ4n) is 3.00. The van der Waals surface area contributed by atoms with Crippen LogP contribution < -0.4 is 10.2 Å². The van der Waals surface area contributed by atoms with E-state index < -0.39 is 0 Å². The van der Waals surface area contributed by atoms with E-state index in [9.17, 15) is 4.79 Å². The Kier molecular flexibility index (Phi) is 5.84. The molecule has 0 saturated carbocycles. The first-order valence-electron chi connectivity index (χ1n) is 8.34. The lowest BCUT2D eigenvalue weighted by atomic mass is 10.2. The summed E-state index contributed by atoms with van der Waals surface area (Å²) >= 11 is 11.9. The van der Waals surface area contributed by atoms with Gasteiger partial charge in [-0.25, -0.2) is 0 Å². The first kappa shape index (κ1) is 18.1. The molecule has 1 amide bonds. The number of hydrogen-bond donors (Lipinski definition) is 1. The molecule has 132 valence electrons. The van der Waals surface area contributed by atoms with E-state index in [0.717, 1.165) is 36.9 Å². The van der Waals surface area contributed by atoms with Crippen molar-refractivity contribution in [2.24, 2.45) is 0 Å². The fraction of sp³-hybridized carbons (Fsp3) is 0.316. The zero-order valence-electron chi connectivity index (χ0n) is 14.1. The second kappa shape index (κ2) is 8.09. The highest BCUT2D eigenvalue weighted by molar-refractivity contribution is 6.31. The van der Waals surface area contributed by atoms with E-state index in [-0.39, 0.29) is 11.9 Å². The summed E-state index contributed by atoms with van der Waals surface area (Å²) in [5.41, 5.74) is 1.89. The summed E-state index contributed by atoms with van der Waals surface area (Å²) in [6.07, 6.45) is 0. The smallest absolute Gasteiger partial charge is 0.241 e. The number of nitrogens with zero attached hydrogens (tertiary/aromatic N) is 2. The average molecular weight is 378 g/mol. The molecule has 2 aromatic rings. The van der Waals surface area contributed by atoms with Gasteiger partial charge >= 0.3 is 0 Å². The van der Waals surface area contributed by atoms with E-state index in [1.165, 1.54) is 5.69 Å². The van der Waals surface area contributed by atoms with Crippen LogP contribution in [0.4, 0.5) is 11.4 Å². The number of carbonyl (C=O) groups excluding carboxylic acids is 1. The molecule has 2 aromatic carbocycles. The monoisotopic (exact) mass is 377 g/mol. The molecule has 4 nitrogen and oxygen atoms in total. The highest BCUT2D eigenvalue weighted by Gasteiger charge is 2.25. The molecule has 0 spiro atoms. The van der Waals surface area contributed by atoms with E-state index in [1.807, 2.05) is 43.3 Å². The number of piperazine rings is 1. The van der Waals surface area contributed by atoms with E-state index in [2.05, 4.69) is 15.1 Å². The largest absolute Gasteiger partial charge is 0.369 e. The summed E-state index contributed by atoms with van der Waals surface area (Å²) in [6.45, 7) is 5.39. The van der Waals surface area contributed by atoms with Gasteiger partial charge in [-0.3, -0.25) is 9.69 Å². The molecule has 0 bridgehead atoms. The highest BCUT2D eigenvalue weighted by Crippen LogP contribution is 2.20. The molecule has 1 saturated heterocycles. The summed E-state index contributed by atoms with van der Waals surface area (Å²) in [4.78, 5) is 17.0. The third-order valence-electron chi connectivity index (χ3n) is 4.53. The number of nitrogens with one attached hydrogen (secondary N) is 1. The number of hydrogen-bond acceptors (Lipinski definition) is 3. The van der Waals surface area contributed by atoms with E-state index in [1.54, 1.807) is 12.1 Å². The average Bonchev–Trinajstić information content (AvgIpc) is 2.62. The van der Waals surface area contributed by atoms with Crippen LogP contribution in [0.3, 0.4) is 0 Å². The maximum atomic E-state index is 12.5. The summed E-state index contributed by atoms with van der Waals surface area (Å²) < 4.78 is 0. The maximum absolute atomic E-state index is 12.5. The molecule has 1 fully saturated rings. The number of amides is 1. The Balaban J connectivity index is 1.54. The van der Waals surface area contributed by atoms with Crippen molar-refractivity contribution in [1.29, 1.82) is 0 Å². The Hall–Kier alpha value is -1.75. The molecular weight excluding hydrogens is 357 g/mol. The minimum Gasteiger partial charge on any atom is -0.369 e. The van der Waals surface area contributed by atoms with Crippen LogP contribution in [0.25, 0.3) is 0 Å². The van der Waals surface area contributed by atoms with Crippen LogP contribution in [0.1, 0.15) is 6.92 Å². The van der Waals surface area contributed by atoms with Crippen LogP contribution in [0.15, 0.2) is 48.5 Å². The van der Waals surface area contributed by atoms with Gasteiger partial charge in [-0.1, -0.05) is 29.3 Å². The predicted molar refractivity (Wildman–Crippen MR) is 105 cm³/mol. The zero-order valence-corrected chi connectivity index (χ0v) is 15.6. The van der Waals surface area contributed by atoms with Crippen molar-refractivity contribution in [3.63, 3.8) is 0 Å². The summed E-state index contributed by atoms with van der Waals surface area (Å²) in [5.74, 6) is -0.0118. The maximum Gasteiger partial charge on any atom is 0.241 e. The van der Waals surface area contributed by atoms with Crippen molar-refractivity contribution in [2.75, 3.05) is 36.4 Å². The lowest BCUT2D eigenvalue weighted by Crippen LogP contribution is -2.52. The summed E-state index contributed by atoms with van der Waals surface area (Å²) in [5, 5.41) is 4.29. The number of halogens is 2. The molecule has 1 N–H and O–H groups in total. The molecule has 0 aromatic heterocycles. The molecule has 1 unspecified atom stereocenters. The van der Waals surface area contributed by atoms with Crippen molar-refractivity contribution in [3.8, 4) is 0 Å². The van der Waals surface area contributed by atoms with Crippen LogP contribution in [-0.2, 0) is 4.79 Å². The molecule has 25 heavy (non-hydrogen) atoms. The quantitative estimate of drug-likeness (QED) is 0.869. The van der Waals surface area contributed by atoms with Crippen LogP contribution in [0, 0.1) is 0 Å². The topological polar surface area (TPSA) is 35.6 Å². The second-order valence-electron chi connectivity index (χ2n) is 6.18. The third kappa shape index (κ3) is 4.66. The van der Waals surface area contributed by atoms with Crippen molar-refractivity contribution < 1.29 is 4.79 Å². The van der Waals surface area contributed by atoms with Crippen LogP contribution >= 0.6 is 23.2 Å². The van der Waals surface area contributed by atoms with Crippen molar-refractivity contribution in [2.45, 2.75) is 13.0 Å². The lowest BCUT2D eigenvalue weighted by molar-refractivity contribution is -0.120. The van der Waals surface area contributed by atoms with Crippen LogP contribution in [0.5, 0.6) is 0 Å². The molecule has 0 radical (unpaired) electrons. The number of rotatable bonds is 4. The van der Waals surface area contributed by atoms with Crippen molar-refractivity contribution in [1.82, 2.24) is 4.90 Å². The molecule has 1 aliphatic rings. The van der Waals surface area contributed by atoms with Gasteiger partial charge in [0.05, 0.1) is 6.04 Å². The van der Waals surface area contributed by atoms with Crippen LogP contribution in [0.2, 0.25) is 10.0 Å². The zero-order chi connectivity index (χ0) is 17.8. The highest BCUT2D eigenvalue weighted by atomic mass is 35.5. The van der Waals surface area contributed by atoms with Gasteiger partial charge in [-0.05, 0) is 49.4 Å². The molecule has 3 rings (SSSR count). The summed E-state index contributed by atoms with van der Waals surface area (Å²) in [6, 6.07) is 14.9. The van der Waals surface area contributed by atoms with Gasteiger partial charge in [-0.2, -0.15) is 0 Å². The van der Waals surface area contributed by atoms with Gasteiger partial charge in [0.2, 0.25) is 5.91 Å². The Bertz CT molecular complexity index is 728. The van der Waals surface area contributed by atoms with E-state index >= 15 is 0 Å². The Morgan fingerprint density at radius 3 is 2.32 bits per heavy atom. The first-order chi connectivity index (χ1) is 12.0. The van der Waals surface area contributed by atoms with Gasteiger partial charge in [0.1, 0.15) is 0 Å². The van der Waals surface area contributed by atoms with Gasteiger partial charge in [-0.15, -0.1) is 0 Å². The Morgan fingerprint density at radius 1 is 1.00 bits per heavy atom. The number of anilines is 2. The SMILES string of the molecule is CC(C(=O)Nc1cccc(Cl)c1)N1CCN(c2ccc(Cl)cc2)CC1. The van der Waals surface area contributed by atoms with Gasteiger partial charge in [0.15, 0.2) is 0 Å². The molecule has 0 aliphatic carbocycles.